The minimum Gasteiger partial charge on any atom is -0.350 e. The molecule has 12 nitrogen and oxygen atoms in total. The van der Waals surface area contributed by atoms with Gasteiger partial charge in [0.25, 0.3) is 11.8 Å². The van der Waals surface area contributed by atoms with E-state index in [0.29, 0.717) is 12.1 Å². The summed E-state index contributed by atoms with van der Waals surface area (Å²) in [4.78, 5) is 80.6. The summed E-state index contributed by atoms with van der Waals surface area (Å²) in [5, 5.41) is 13.8. The highest BCUT2D eigenvalue weighted by atomic mass is 16.2. The normalized spacial score (nSPS) is 21.4. The molecule has 6 amide bonds. The van der Waals surface area contributed by atoms with Crippen LogP contribution in [0.5, 0.6) is 0 Å². The minimum atomic E-state index is -1.05. The summed E-state index contributed by atoms with van der Waals surface area (Å²) in [5.74, 6) is -2.85. The van der Waals surface area contributed by atoms with Crippen LogP contribution in [0, 0.1) is 28.6 Å². The van der Waals surface area contributed by atoms with Crippen molar-refractivity contribution >= 4 is 35.4 Å². The molecule has 3 rings (SSSR count). The van der Waals surface area contributed by atoms with Crippen molar-refractivity contribution in [1.29, 1.82) is 0 Å². The van der Waals surface area contributed by atoms with E-state index >= 15 is 0 Å². The predicted octanol–water partition coefficient (Wildman–Crippen LogP) is 2.40. The van der Waals surface area contributed by atoms with E-state index in [1.807, 2.05) is 54.5 Å². The van der Waals surface area contributed by atoms with Crippen LogP contribution in [0.15, 0.2) is 43.0 Å². The molecular formula is C35H52N6O6. The number of nitrogens with zero attached hydrogens (tertiary/aromatic N) is 1. The zero-order valence-corrected chi connectivity index (χ0v) is 28.9. The van der Waals surface area contributed by atoms with Crippen molar-refractivity contribution in [2.75, 3.05) is 19.6 Å². The zero-order chi connectivity index (χ0) is 35.3. The first kappa shape index (κ1) is 37.2. The molecule has 2 aliphatic rings. The number of amides is 6. The third kappa shape index (κ3) is 8.78. The molecule has 0 spiro atoms. The van der Waals surface area contributed by atoms with Crippen molar-refractivity contribution in [3.05, 3.63) is 48.6 Å². The number of fused-ring (bicyclic) bond motifs is 1. The van der Waals surface area contributed by atoms with Crippen LogP contribution in [0.2, 0.25) is 0 Å². The van der Waals surface area contributed by atoms with Crippen LogP contribution in [-0.2, 0) is 19.2 Å². The molecule has 0 aromatic heterocycles. The largest absolute Gasteiger partial charge is 0.350 e. The number of carbonyl (C=O) groups excluding carboxylic acids is 6. The summed E-state index contributed by atoms with van der Waals surface area (Å²) in [6, 6.07) is 4.87. The number of ketones is 1. The number of benzene rings is 1. The second-order valence-electron chi connectivity index (χ2n) is 14.6. The lowest BCUT2D eigenvalue weighted by Gasteiger charge is -2.38. The number of Topliss-reactive ketones (excluding diaryl/α,β-unsaturated/α-hetero) is 1. The lowest BCUT2D eigenvalue weighted by atomic mass is 9.85. The van der Waals surface area contributed by atoms with Gasteiger partial charge in [-0.2, -0.15) is 0 Å². The third-order valence-corrected chi connectivity index (χ3v) is 9.46. The lowest BCUT2D eigenvalue weighted by molar-refractivity contribution is -0.145. The second kappa shape index (κ2) is 15.1. The van der Waals surface area contributed by atoms with Gasteiger partial charge in [-0.15, -0.1) is 6.58 Å². The summed E-state index contributed by atoms with van der Waals surface area (Å²) < 4.78 is 0. The summed E-state index contributed by atoms with van der Waals surface area (Å²) in [7, 11) is 0. The number of carbonyl (C=O) groups is 6. The van der Waals surface area contributed by atoms with E-state index < -0.39 is 59.1 Å². The molecule has 1 saturated heterocycles. The first-order valence-corrected chi connectivity index (χ1v) is 16.4. The topological polar surface area (TPSA) is 166 Å². The van der Waals surface area contributed by atoms with Gasteiger partial charge in [-0.3, -0.25) is 24.0 Å². The Bertz CT molecular complexity index is 1350. The second-order valence-corrected chi connectivity index (χ2v) is 14.6. The van der Waals surface area contributed by atoms with E-state index in [9.17, 15) is 28.8 Å². The first-order valence-electron chi connectivity index (χ1n) is 16.4. The van der Waals surface area contributed by atoms with Gasteiger partial charge in [0.15, 0.2) is 0 Å². The average molecular weight is 653 g/mol. The maximum atomic E-state index is 14.2. The maximum absolute atomic E-state index is 14.2. The standard InChI is InChI=1S/C35H52N6O6/c1-10-17-36-31(45)27(42)23(11-2)38-30(44)26-25-22(35(25,8)9)19-41(26)32(46)28(34(5,6)7)40-33(47)39-24(20(3)4)18-37-29(43)21-15-13-12-14-16-21/h10,12-16,20,22-26,28H,1,11,17-19H2,2-9H3,(H,36,45)(H,37,43)(H,38,44)(H2,39,40,47)/t22-,23?,24+,25-,26-,28+/m0/s1. The van der Waals surface area contributed by atoms with Crippen molar-refractivity contribution in [2.45, 2.75) is 86.0 Å². The fraction of sp³-hybridized carbons (Fsp3) is 0.600. The SMILES string of the molecule is C=CCNC(=O)C(=O)C(CC)NC(=O)[C@@H]1[C@@H]2[C@H](CN1C(=O)[C@@H](NC(=O)N[C@H](CNC(=O)c1ccccc1)C(C)C)C(C)(C)C)C2(C)C. The van der Waals surface area contributed by atoms with E-state index in [2.05, 4.69) is 33.2 Å². The van der Waals surface area contributed by atoms with Gasteiger partial charge in [0, 0.05) is 25.2 Å². The van der Waals surface area contributed by atoms with Crippen molar-refractivity contribution in [2.24, 2.45) is 28.6 Å². The Balaban J connectivity index is 1.74. The number of rotatable bonds is 14. The molecule has 1 heterocycles. The van der Waals surface area contributed by atoms with Crippen molar-refractivity contribution in [1.82, 2.24) is 31.5 Å². The molecule has 5 N–H and O–H groups in total. The van der Waals surface area contributed by atoms with Gasteiger partial charge in [0.05, 0.1) is 12.1 Å². The number of urea groups is 1. The third-order valence-electron chi connectivity index (χ3n) is 9.46. The van der Waals surface area contributed by atoms with E-state index in [1.54, 1.807) is 31.2 Å². The van der Waals surface area contributed by atoms with Crippen LogP contribution in [-0.4, -0.2) is 84.1 Å². The van der Waals surface area contributed by atoms with Gasteiger partial charge >= 0.3 is 6.03 Å². The van der Waals surface area contributed by atoms with Gasteiger partial charge in [-0.25, -0.2) is 4.79 Å². The van der Waals surface area contributed by atoms with E-state index in [1.165, 1.54) is 11.0 Å². The molecule has 258 valence electrons. The Hall–Kier alpha value is -4.22. The number of hydrogen-bond donors (Lipinski definition) is 5. The highest BCUT2D eigenvalue weighted by Gasteiger charge is 2.69. The molecule has 1 aliphatic carbocycles. The van der Waals surface area contributed by atoms with Crippen LogP contribution in [0.1, 0.15) is 72.2 Å². The molecule has 1 aromatic rings. The first-order chi connectivity index (χ1) is 21.9. The van der Waals surface area contributed by atoms with Gasteiger partial charge in [-0.05, 0) is 47.1 Å². The highest BCUT2D eigenvalue weighted by molar-refractivity contribution is 6.38. The predicted molar refractivity (Wildman–Crippen MR) is 179 cm³/mol. The number of likely N-dealkylation sites (tertiary alicyclic amines) is 1. The average Bonchev–Trinajstić information content (AvgIpc) is 3.33. The van der Waals surface area contributed by atoms with Crippen LogP contribution in [0.3, 0.4) is 0 Å². The fourth-order valence-electron chi connectivity index (χ4n) is 6.34. The van der Waals surface area contributed by atoms with Gasteiger partial charge in [0.2, 0.25) is 17.6 Å². The number of hydrogen-bond acceptors (Lipinski definition) is 6. The fourth-order valence-corrected chi connectivity index (χ4v) is 6.34. The van der Waals surface area contributed by atoms with E-state index in [-0.39, 0.29) is 48.6 Å². The Morgan fingerprint density at radius 3 is 2.19 bits per heavy atom. The molecule has 12 heteroatoms. The summed E-state index contributed by atoms with van der Waals surface area (Å²) >= 11 is 0. The maximum Gasteiger partial charge on any atom is 0.315 e. The molecular weight excluding hydrogens is 600 g/mol. The molecule has 1 unspecified atom stereocenters. The zero-order valence-electron chi connectivity index (χ0n) is 28.9. The molecule has 1 saturated carbocycles. The van der Waals surface area contributed by atoms with Crippen LogP contribution in [0.25, 0.3) is 0 Å². The Morgan fingerprint density at radius 1 is 1.00 bits per heavy atom. The van der Waals surface area contributed by atoms with Crippen LogP contribution >= 0.6 is 0 Å². The quantitative estimate of drug-likeness (QED) is 0.153. The van der Waals surface area contributed by atoms with E-state index in [4.69, 9.17) is 0 Å². The van der Waals surface area contributed by atoms with Crippen LogP contribution in [0.4, 0.5) is 4.79 Å². The minimum absolute atomic E-state index is 0.0327. The highest BCUT2D eigenvalue weighted by Crippen LogP contribution is 2.65. The lowest BCUT2D eigenvalue weighted by Crippen LogP contribution is -2.62. The molecule has 0 bridgehead atoms. The Morgan fingerprint density at radius 2 is 1.64 bits per heavy atom. The molecule has 1 aromatic carbocycles. The summed E-state index contributed by atoms with van der Waals surface area (Å²) in [5.41, 5.74) is -0.408. The summed E-state index contributed by atoms with van der Waals surface area (Å²) in [6.45, 7) is 19.3. The van der Waals surface area contributed by atoms with Crippen molar-refractivity contribution in [3.8, 4) is 0 Å². The number of piperidine rings is 1. The molecule has 2 fully saturated rings. The van der Waals surface area contributed by atoms with Crippen molar-refractivity contribution in [3.63, 3.8) is 0 Å². The Kier molecular flexibility index (Phi) is 12.0. The van der Waals surface area contributed by atoms with Gasteiger partial charge in [0.1, 0.15) is 12.1 Å². The van der Waals surface area contributed by atoms with Gasteiger partial charge < -0.3 is 31.5 Å². The smallest absolute Gasteiger partial charge is 0.315 e. The Labute approximate surface area is 278 Å². The van der Waals surface area contributed by atoms with Crippen LogP contribution < -0.4 is 26.6 Å². The van der Waals surface area contributed by atoms with E-state index in [0.717, 1.165) is 0 Å². The van der Waals surface area contributed by atoms with Crippen molar-refractivity contribution < 1.29 is 28.8 Å². The molecule has 47 heavy (non-hydrogen) atoms. The number of nitrogens with one attached hydrogen (secondary N) is 5. The summed E-state index contributed by atoms with van der Waals surface area (Å²) in [6.07, 6.45) is 1.65. The van der Waals surface area contributed by atoms with Gasteiger partial charge in [-0.1, -0.05) is 79.7 Å². The molecule has 1 aliphatic heterocycles. The molecule has 0 radical (unpaired) electrons. The monoisotopic (exact) mass is 652 g/mol. The molecule has 6 atom stereocenters.